The number of benzene rings is 4. The Morgan fingerprint density at radius 3 is 1.26 bits per heavy atom. The molecule has 0 unspecified atom stereocenters. The molecule has 6 rings (SSSR count). The summed E-state index contributed by atoms with van der Waals surface area (Å²) in [5.74, 6) is -0.367. The monoisotopic (exact) mass is 442 g/mol. The van der Waals surface area contributed by atoms with Crippen LogP contribution in [0.2, 0.25) is 0 Å². The SMILES string of the molecule is Cc1ccc2c(c1)N(c1ccccc1)C(=O)/C2=C1/C(=O)N(c2ccccc2)c2cc(C)ccc21. The van der Waals surface area contributed by atoms with Crippen LogP contribution in [0.5, 0.6) is 0 Å². The van der Waals surface area contributed by atoms with Gasteiger partial charge in [0.05, 0.1) is 22.5 Å². The molecule has 0 atom stereocenters. The van der Waals surface area contributed by atoms with Gasteiger partial charge in [0.1, 0.15) is 0 Å². The largest absolute Gasteiger partial charge is 0.276 e. The fraction of sp³-hybridized carbons (Fsp3) is 0.0667. The normalized spacial score (nSPS) is 16.8. The van der Waals surface area contributed by atoms with Gasteiger partial charge in [-0.25, -0.2) is 0 Å². The summed E-state index contributed by atoms with van der Waals surface area (Å²) in [6.07, 6.45) is 0. The topological polar surface area (TPSA) is 40.6 Å². The van der Waals surface area contributed by atoms with Crippen LogP contribution in [0.15, 0.2) is 97.1 Å². The van der Waals surface area contributed by atoms with Crippen molar-refractivity contribution in [3.05, 3.63) is 119 Å². The summed E-state index contributed by atoms with van der Waals surface area (Å²) in [6, 6.07) is 31.1. The van der Waals surface area contributed by atoms with Crippen LogP contribution in [0, 0.1) is 13.8 Å². The summed E-state index contributed by atoms with van der Waals surface area (Å²) in [4.78, 5) is 31.5. The molecule has 2 aliphatic rings. The maximum absolute atomic E-state index is 14.0. The van der Waals surface area contributed by atoms with Crippen LogP contribution < -0.4 is 9.80 Å². The second-order valence-electron chi connectivity index (χ2n) is 8.74. The van der Waals surface area contributed by atoms with Gasteiger partial charge in [-0.3, -0.25) is 19.4 Å². The van der Waals surface area contributed by atoms with E-state index in [1.807, 2.05) is 111 Å². The van der Waals surface area contributed by atoms with Crippen LogP contribution >= 0.6 is 0 Å². The van der Waals surface area contributed by atoms with E-state index in [1.165, 1.54) is 0 Å². The van der Waals surface area contributed by atoms with Gasteiger partial charge in [-0.15, -0.1) is 0 Å². The van der Waals surface area contributed by atoms with Crippen molar-refractivity contribution in [3.8, 4) is 0 Å². The minimum atomic E-state index is -0.184. The molecule has 0 radical (unpaired) electrons. The highest BCUT2D eigenvalue weighted by molar-refractivity contribution is 6.51. The van der Waals surface area contributed by atoms with Gasteiger partial charge in [-0.1, -0.05) is 60.7 Å². The Bertz CT molecular complexity index is 1390. The van der Waals surface area contributed by atoms with E-state index in [1.54, 1.807) is 9.80 Å². The van der Waals surface area contributed by atoms with Crippen molar-refractivity contribution < 1.29 is 9.59 Å². The first-order valence-corrected chi connectivity index (χ1v) is 11.3. The number of hydrogen-bond acceptors (Lipinski definition) is 2. The van der Waals surface area contributed by atoms with Crippen LogP contribution in [0.25, 0.3) is 11.1 Å². The predicted molar refractivity (Wildman–Crippen MR) is 136 cm³/mol. The molecular formula is C30H22N2O2. The van der Waals surface area contributed by atoms with Crippen LogP contribution in [0.4, 0.5) is 22.7 Å². The number of para-hydroxylation sites is 2. The van der Waals surface area contributed by atoms with Crippen LogP contribution in [0.1, 0.15) is 22.3 Å². The van der Waals surface area contributed by atoms with Crippen LogP contribution in [-0.2, 0) is 9.59 Å². The number of carbonyl (C=O) groups excluding carboxylic acids is 2. The molecule has 0 spiro atoms. The highest BCUT2D eigenvalue weighted by atomic mass is 16.2. The molecule has 0 N–H and O–H groups in total. The molecule has 34 heavy (non-hydrogen) atoms. The van der Waals surface area contributed by atoms with Crippen molar-refractivity contribution in [2.24, 2.45) is 0 Å². The maximum atomic E-state index is 14.0. The molecule has 4 aromatic rings. The maximum Gasteiger partial charge on any atom is 0.264 e. The number of nitrogens with zero attached hydrogens (tertiary/aromatic N) is 2. The third-order valence-electron chi connectivity index (χ3n) is 6.44. The lowest BCUT2D eigenvalue weighted by Crippen LogP contribution is -2.24. The van der Waals surface area contributed by atoms with Crippen LogP contribution in [-0.4, -0.2) is 11.8 Å². The smallest absolute Gasteiger partial charge is 0.264 e. The lowest BCUT2D eigenvalue weighted by Gasteiger charge is -2.18. The molecule has 2 amide bonds. The van der Waals surface area contributed by atoms with Gasteiger partial charge in [-0.2, -0.15) is 0 Å². The zero-order valence-corrected chi connectivity index (χ0v) is 18.9. The molecule has 0 bridgehead atoms. The molecule has 4 aromatic carbocycles. The third kappa shape index (κ3) is 2.92. The molecule has 4 heteroatoms. The molecule has 0 fully saturated rings. The van der Waals surface area contributed by atoms with E-state index in [-0.39, 0.29) is 11.8 Å². The van der Waals surface area contributed by atoms with Gasteiger partial charge in [0.25, 0.3) is 11.8 Å². The molecule has 0 aliphatic carbocycles. The lowest BCUT2D eigenvalue weighted by atomic mass is 9.95. The molecule has 164 valence electrons. The molecule has 0 saturated heterocycles. The number of fused-ring (bicyclic) bond motifs is 2. The zero-order chi connectivity index (χ0) is 23.4. The fourth-order valence-corrected chi connectivity index (χ4v) is 4.90. The van der Waals surface area contributed by atoms with Gasteiger partial charge in [0, 0.05) is 22.5 Å². The Labute approximate surface area is 198 Å². The second-order valence-corrected chi connectivity index (χ2v) is 8.74. The molecule has 0 aromatic heterocycles. The van der Waals surface area contributed by atoms with Gasteiger partial charge in [0.15, 0.2) is 0 Å². The first-order chi connectivity index (χ1) is 16.5. The van der Waals surface area contributed by atoms with Crippen molar-refractivity contribution in [3.63, 3.8) is 0 Å². The number of anilines is 4. The summed E-state index contributed by atoms with van der Waals surface area (Å²) < 4.78 is 0. The van der Waals surface area contributed by atoms with E-state index in [2.05, 4.69) is 0 Å². The lowest BCUT2D eigenvalue weighted by molar-refractivity contribution is -0.114. The average Bonchev–Trinajstić information content (AvgIpc) is 3.28. The van der Waals surface area contributed by atoms with Crippen molar-refractivity contribution in [2.75, 3.05) is 9.80 Å². The Morgan fingerprint density at radius 2 is 0.882 bits per heavy atom. The minimum Gasteiger partial charge on any atom is -0.276 e. The van der Waals surface area contributed by atoms with Crippen molar-refractivity contribution >= 4 is 45.7 Å². The van der Waals surface area contributed by atoms with E-state index in [0.717, 1.165) is 45.0 Å². The van der Waals surface area contributed by atoms with Gasteiger partial charge in [-0.05, 0) is 61.4 Å². The Kier molecular flexibility index (Phi) is 4.49. The number of aryl methyl sites for hydroxylation is 2. The molecule has 2 aliphatic heterocycles. The fourth-order valence-electron chi connectivity index (χ4n) is 4.90. The Hall–Kier alpha value is -4.44. The second kappa shape index (κ2) is 7.56. The van der Waals surface area contributed by atoms with E-state index in [0.29, 0.717) is 11.1 Å². The van der Waals surface area contributed by atoms with E-state index in [9.17, 15) is 9.59 Å². The van der Waals surface area contributed by atoms with E-state index < -0.39 is 0 Å². The van der Waals surface area contributed by atoms with Gasteiger partial charge >= 0.3 is 0 Å². The van der Waals surface area contributed by atoms with Crippen molar-refractivity contribution in [1.82, 2.24) is 0 Å². The molecular weight excluding hydrogens is 420 g/mol. The number of carbonyl (C=O) groups is 2. The van der Waals surface area contributed by atoms with E-state index >= 15 is 0 Å². The summed E-state index contributed by atoms with van der Waals surface area (Å²) in [5, 5.41) is 0. The third-order valence-corrected chi connectivity index (χ3v) is 6.44. The van der Waals surface area contributed by atoms with Gasteiger partial charge < -0.3 is 0 Å². The van der Waals surface area contributed by atoms with Crippen molar-refractivity contribution in [1.29, 1.82) is 0 Å². The standard InChI is InChI=1S/C30H22N2O2/c1-19-13-15-23-25(17-19)31(21-9-5-3-6-10-21)29(33)27(23)28-24-16-14-20(2)18-26(24)32(30(28)34)22-11-7-4-8-12-22/h3-18H,1-2H3/b28-27+. The van der Waals surface area contributed by atoms with Crippen molar-refractivity contribution in [2.45, 2.75) is 13.8 Å². The highest BCUT2D eigenvalue weighted by Gasteiger charge is 2.43. The summed E-state index contributed by atoms with van der Waals surface area (Å²) in [5.41, 5.74) is 7.75. The average molecular weight is 443 g/mol. The Balaban J connectivity index is 1.64. The highest BCUT2D eigenvalue weighted by Crippen LogP contribution is 2.50. The predicted octanol–water partition coefficient (Wildman–Crippen LogP) is 6.57. The first kappa shape index (κ1) is 20.2. The number of amides is 2. The van der Waals surface area contributed by atoms with Gasteiger partial charge in [0.2, 0.25) is 0 Å². The zero-order valence-electron chi connectivity index (χ0n) is 18.9. The van der Waals surface area contributed by atoms with E-state index in [4.69, 9.17) is 0 Å². The molecule has 4 nitrogen and oxygen atoms in total. The Morgan fingerprint density at radius 1 is 0.500 bits per heavy atom. The molecule has 2 heterocycles. The molecule has 0 saturated carbocycles. The summed E-state index contributed by atoms with van der Waals surface area (Å²) in [7, 11) is 0. The number of hydrogen-bond donors (Lipinski definition) is 0. The minimum absolute atomic E-state index is 0.184. The quantitative estimate of drug-likeness (QED) is 0.329. The van der Waals surface area contributed by atoms with Crippen LogP contribution in [0.3, 0.4) is 0 Å². The first-order valence-electron chi connectivity index (χ1n) is 11.3. The summed E-state index contributed by atoms with van der Waals surface area (Å²) >= 11 is 0. The number of rotatable bonds is 2. The summed E-state index contributed by atoms with van der Waals surface area (Å²) in [6.45, 7) is 4.02.